The molecule has 31 heavy (non-hydrogen) atoms. The summed E-state index contributed by atoms with van der Waals surface area (Å²) in [4.78, 5) is 37.4. The Morgan fingerprint density at radius 2 is 1.84 bits per heavy atom. The number of hydrogen-bond acceptors (Lipinski definition) is 6. The molecule has 0 fully saturated rings. The number of nitrogens with one attached hydrogen (secondary N) is 1. The van der Waals surface area contributed by atoms with Crippen LogP contribution in [0.2, 0.25) is 0 Å². The van der Waals surface area contributed by atoms with Crippen molar-refractivity contribution in [2.45, 2.75) is 84.8 Å². The largest absolute Gasteiger partial charge is 0.444 e. The summed E-state index contributed by atoms with van der Waals surface area (Å²) in [6.07, 6.45) is 4.02. The molecule has 0 bridgehead atoms. The maximum absolute atomic E-state index is 12.8. The van der Waals surface area contributed by atoms with Crippen molar-refractivity contribution in [2.24, 2.45) is 0 Å². The van der Waals surface area contributed by atoms with Crippen molar-refractivity contribution >= 4 is 23.0 Å². The van der Waals surface area contributed by atoms with Gasteiger partial charge in [-0.2, -0.15) is 0 Å². The predicted octanol–water partition coefficient (Wildman–Crippen LogP) is 4.58. The average molecular weight is 430 g/mol. The molecule has 3 rings (SSSR count). The third-order valence-corrected chi connectivity index (χ3v) is 5.35. The molecule has 0 saturated carbocycles. The minimum atomic E-state index is -0.842. The highest BCUT2D eigenvalue weighted by Crippen LogP contribution is 2.32. The van der Waals surface area contributed by atoms with Gasteiger partial charge in [0, 0.05) is 16.5 Å². The van der Waals surface area contributed by atoms with E-state index in [2.05, 4.69) is 5.32 Å². The molecular formula is C24H31NO6. The summed E-state index contributed by atoms with van der Waals surface area (Å²) in [6.45, 7) is 8.94. The fraction of sp³-hybridized carbons (Fsp3) is 0.542. The van der Waals surface area contributed by atoms with Crippen LogP contribution >= 0.6 is 0 Å². The first kappa shape index (κ1) is 22.8. The van der Waals surface area contributed by atoms with Crippen LogP contribution in [0.4, 0.5) is 4.79 Å². The normalized spacial score (nSPS) is 14.6. The Balaban J connectivity index is 1.85. The molecule has 2 aromatic rings. The number of esters is 1. The molecule has 0 unspecified atom stereocenters. The van der Waals surface area contributed by atoms with Crippen LogP contribution < -0.4 is 15.7 Å². The van der Waals surface area contributed by atoms with E-state index in [-0.39, 0.29) is 5.63 Å². The molecule has 1 heterocycles. The Bertz CT molecular complexity index is 1050. The summed E-state index contributed by atoms with van der Waals surface area (Å²) < 4.78 is 16.5. The van der Waals surface area contributed by atoms with E-state index in [9.17, 15) is 14.4 Å². The molecule has 168 valence electrons. The first-order valence-corrected chi connectivity index (χ1v) is 10.9. The molecule has 7 heteroatoms. The lowest BCUT2D eigenvalue weighted by Crippen LogP contribution is -2.45. The van der Waals surface area contributed by atoms with Gasteiger partial charge in [0.1, 0.15) is 23.0 Å². The number of alkyl carbamates (subject to hydrolysis) is 1. The first-order valence-electron chi connectivity index (χ1n) is 10.9. The van der Waals surface area contributed by atoms with Gasteiger partial charge < -0.3 is 19.2 Å². The quantitative estimate of drug-likeness (QED) is 0.425. The van der Waals surface area contributed by atoms with E-state index in [4.69, 9.17) is 13.9 Å². The molecule has 7 nitrogen and oxygen atoms in total. The zero-order valence-electron chi connectivity index (χ0n) is 18.9. The van der Waals surface area contributed by atoms with E-state index < -0.39 is 23.7 Å². The number of rotatable bonds is 5. The van der Waals surface area contributed by atoms with Crippen LogP contribution in [0.5, 0.6) is 5.75 Å². The zero-order chi connectivity index (χ0) is 22.8. The molecule has 1 atom stereocenters. The van der Waals surface area contributed by atoms with Gasteiger partial charge >= 0.3 is 17.7 Å². The third kappa shape index (κ3) is 5.27. The van der Waals surface area contributed by atoms with E-state index in [1.165, 1.54) is 0 Å². The lowest BCUT2D eigenvalue weighted by molar-refractivity contribution is -0.137. The van der Waals surface area contributed by atoms with Crippen molar-refractivity contribution in [1.29, 1.82) is 0 Å². The predicted molar refractivity (Wildman–Crippen MR) is 118 cm³/mol. The summed E-state index contributed by atoms with van der Waals surface area (Å²) in [5.41, 5.74) is 1.84. The fourth-order valence-electron chi connectivity index (χ4n) is 3.90. The maximum Gasteiger partial charge on any atom is 0.408 e. The van der Waals surface area contributed by atoms with Gasteiger partial charge in [0.05, 0.1) is 0 Å². The standard InChI is InChI=1S/C24H31NO6/c1-6-9-18(25-23(28)31-24(3,4)5)22(27)29-19-13-12-16-15-10-7-8-11-17(15)21(26)30-20(16)14(19)2/h12-13,18H,6-11H2,1-5H3,(H,25,28)/t18-/m1/s1. The van der Waals surface area contributed by atoms with Gasteiger partial charge in [-0.25, -0.2) is 14.4 Å². The van der Waals surface area contributed by atoms with Gasteiger partial charge in [0.15, 0.2) is 0 Å². The van der Waals surface area contributed by atoms with E-state index in [0.717, 1.165) is 42.2 Å². The van der Waals surface area contributed by atoms with E-state index in [1.54, 1.807) is 33.8 Å². The number of ether oxygens (including phenoxy) is 2. The topological polar surface area (TPSA) is 94.8 Å². The Labute approximate surface area is 182 Å². The van der Waals surface area contributed by atoms with E-state index >= 15 is 0 Å². The molecule has 1 aromatic heterocycles. The second-order valence-electron chi connectivity index (χ2n) is 9.03. The van der Waals surface area contributed by atoms with Gasteiger partial charge in [-0.05, 0) is 77.5 Å². The highest BCUT2D eigenvalue weighted by Gasteiger charge is 2.27. The molecule has 1 aromatic carbocycles. The highest BCUT2D eigenvalue weighted by molar-refractivity contribution is 5.88. The van der Waals surface area contributed by atoms with Crippen LogP contribution in [-0.4, -0.2) is 23.7 Å². The number of aryl methyl sites for hydroxylation is 2. The van der Waals surface area contributed by atoms with Gasteiger partial charge in [-0.15, -0.1) is 0 Å². The smallest absolute Gasteiger partial charge is 0.408 e. The third-order valence-electron chi connectivity index (χ3n) is 5.35. The molecule has 1 aliphatic rings. The Morgan fingerprint density at radius 1 is 1.16 bits per heavy atom. The molecule has 0 aliphatic heterocycles. The Morgan fingerprint density at radius 3 is 2.48 bits per heavy atom. The Kier molecular flexibility index (Phi) is 6.72. The maximum atomic E-state index is 12.8. The summed E-state index contributed by atoms with van der Waals surface area (Å²) in [5, 5.41) is 3.48. The minimum absolute atomic E-state index is 0.309. The average Bonchev–Trinajstić information content (AvgIpc) is 2.69. The SMILES string of the molecule is CCC[C@@H](NC(=O)OC(C)(C)C)C(=O)Oc1ccc2c3c(c(=O)oc2c1C)CCCC3. The molecular weight excluding hydrogens is 398 g/mol. The number of carbonyl (C=O) groups is 2. The summed E-state index contributed by atoms with van der Waals surface area (Å²) in [5.74, 6) is -0.279. The molecule has 0 radical (unpaired) electrons. The van der Waals surface area contributed by atoms with Crippen LogP contribution in [0.15, 0.2) is 21.3 Å². The summed E-state index contributed by atoms with van der Waals surface area (Å²) >= 11 is 0. The fourth-order valence-corrected chi connectivity index (χ4v) is 3.90. The van der Waals surface area contributed by atoms with Crippen molar-refractivity contribution < 1.29 is 23.5 Å². The summed E-state index contributed by atoms with van der Waals surface area (Å²) in [6, 6.07) is 2.72. The number of carbonyl (C=O) groups excluding carboxylic acids is 2. The summed E-state index contributed by atoms with van der Waals surface area (Å²) in [7, 11) is 0. The monoisotopic (exact) mass is 429 g/mol. The molecule has 0 spiro atoms. The van der Waals surface area contributed by atoms with Gasteiger partial charge in [0.2, 0.25) is 0 Å². The lowest BCUT2D eigenvalue weighted by Gasteiger charge is -2.23. The van der Waals surface area contributed by atoms with Crippen molar-refractivity contribution in [3.8, 4) is 5.75 Å². The van der Waals surface area contributed by atoms with Crippen LogP contribution in [0, 0.1) is 6.92 Å². The van der Waals surface area contributed by atoms with Crippen molar-refractivity contribution in [3.63, 3.8) is 0 Å². The van der Waals surface area contributed by atoms with Crippen molar-refractivity contribution in [2.75, 3.05) is 0 Å². The number of hydrogen-bond donors (Lipinski definition) is 1. The van der Waals surface area contributed by atoms with Gasteiger partial charge in [-0.3, -0.25) is 0 Å². The van der Waals surface area contributed by atoms with E-state index in [1.807, 2.05) is 13.0 Å². The van der Waals surface area contributed by atoms with Crippen molar-refractivity contribution in [1.82, 2.24) is 5.32 Å². The van der Waals surface area contributed by atoms with Crippen LogP contribution in [0.25, 0.3) is 11.0 Å². The lowest BCUT2D eigenvalue weighted by atomic mass is 9.90. The second kappa shape index (κ2) is 9.12. The van der Waals surface area contributed by atoms with Gasteiger partial charge in [0.25, 0.3) is 0 Å². The zero-order valence-corrected chi connectivity index (χ0v) is 18.9. The molecule has 1 aliphatic carbocycles. The Hall–Kier alpha value is -2.83. The number of amides is 1. The second-order valence-corrected chi connectivity index (χ2v) is 9.03. The first-order chi connectivity index (χ1) is 14.6. The van der Waals surface area contributed by atoms with Crippen LogP contribution in [0.3, 0.4) is 0 Å². The van der Waals surface area contributed by atoms with Crippen LogP contribution in [0.1, 0.15) is 70.1 Å². The van der Waals surface area contributed by atoms with Crippen LogP contribution in [-0.2, 0) is 22.4 Å². The minimum Gasteiger partial charge on any atom is -0.444 e. The number of benzene rings is 1. The van der Waals surface area contributed by atoms with Crippen molar-refractivity contribution in [3.05, 3.63) is 39.2 Å². The molecule has 0 saturated heterocycles. The molecule has 1 N–H and O–H groups in total. The van der Waals surface area contributed by atoms with E-state index in [0.29, 0.717) is 29.7 Å². The molecule has 1 amide bonds. The van der Waals surface area contributed by atoms with Gasteiger partial charge in [-0.1, -0.05) is 13.3 Å². The highest BCUT2D eigenvalue weighted by atomic mass is 16.6. The number of fused-ring (bicyclic) bond motifs is 3.